The first-order chi connectivity index (χ1) is 18.7. The van der Waals surface area contributed by atoms with Crippen LogP contribution in [0.25, 0.3) is 0 Å². The lowest BCUT2D eigenvalue weighted by Gasteiger charge is -2.41. The summed E-state index contributed by atoms with van der Waals surface area (Å²) in [4.78, 5) is 9.00. The first kappa shape index (κ1) is 35.7. The van der Waals surface area contributed by atoms with Gasteiger partial charge in [0.2, 0.25) is 0 Å². The molecular formula is C33H52F2N2O3. The number of carbonyl (C=O) groups is 1. The molecule has 0 aliphatic heterocycles. The molecule has 0 heterocycles. The highest BCUT2D eigenvalue weighted by molar-refractivity contribution is 5.62. The van der Waals surface area contributed by atoms with Crippen LogP contribution in [0.15, 0.2) is 42.5 Å². The average molecular weight is 563 g/mol. The number of benzene rings is 2. The van der Waals surface area contributed by atoms with E-state index < -0.39 is 23.7 Å². The number of hydrogen-bond acceptors (Lipinski definition) is 4. The Morgan fingerprint density at radius 2 is 1.55 bits per heavy atom. The molecule has 4 N–H and O–H groups in total. The van der Waals surface area contributed by atoms with Crippen LogP contribution < -0.4 is 10.6 Å². The van der Waals surface area contributed by atoms with Crippen LogP contribution >= 0.6 is 0 Å². The summed E-state index contributed by atoms with van der Waals surface area (Å²) < 4.78 is 27.5. The van der Waals surface area contributed by atoms with Crippen molar-refractivity contribution in [1.82, 2.24) is 10.6 Å². The van der Waals surface area contributed by atoms with Crippen LogP contribution in [0.4, 0.5) is 8.78 Å². The number of hydrogen-bond donors (Lipinski definition) is 4. The van der Waals surface area contributed by atoms with Gasteiger partial charge in [0.05, 0.1) is 6.10 Å². The van der Waals surface area contributed by atoms with Crippen molar-refractivity contribution in [2.45, 2.75) is 123 Å². The van der Waals surface area contributed by atoms with Gasteiger partial charge in [-0.25, -0.2) is 8.78 Å². The number of halogens is 2. The molecule has 0 radical (unpaired) electrons. The van der Waals surface area contributed by atoms with Gasteiger partial charge in [-0.1, -0.05) is 92.0 Å². The minimum atomic E-state index is -0.833. The zero-order chi connectivity index (χ0) is 30.5. The zero-order valence-electron chi connectivity index (χ0n) is 25.8. The molecule has 0 amide bonds. The third-order valence-corrected chi connectivity index (χ3v) is 7.03. The Hall–Kier alpha value is -2.35. The third-order valence-electron chi connectivity index (χ3n) is 7.03. The van der Waals surface area contributed by atoms with Crippen LogP contribution in [-0.4, -0.2) is 40.9 Å². The lowest BCUT2D eigenvalue weighted by atomic mass is 9.74. The standard InChI is InChI=1S/C29H42F2N2O.C2H4O2.C2H6/c1-20(2)33-26(16-21-14-24(30)18-25(31)15-21)27(34)19-32-29(12-7-6-8-13-29)23-11-9-10-22(17-23)28(3,4)5;1-2(3)4;1-2/h9-11,14-15,17-18,20,26-27,32-34H,6-8,12-13,16,19H2,1-5H3;1H3,(H,3,4);1-2H3/t26-,27+;;/m0../s1. The predicted octanol–water partition coefficient (Wildman–Crippen LogP) is 7.10. The fourth-order valence-corrected chi connectivity index (χ4v) is 5.17. The number of rotatable bonds is 9. The fourth-order valence-electron chi connectivity index (χ4n) is 5.17. The van der Waals surface area contributed by atoms with Gasteiger partial charge >= 0.3 is 0 Å². The smallest absolute Gasteiger partial charge is 0.300 e. The summed E-state index contributed by atoms with van der Waals surface area (Å²) in [6, 6.07) is 12.2. The molecule has 40 heavy (non-hydrogen) atoms. The van der Waals surface area contributed by atoms with Gasteiger partial charge in [0.1, 0.15) is 11.6 Å². The van der Waals surface area contributed by atoms with E-state index in [1.807, 2.05) is 27.7 Å². The quantitative estimate of drug-likeness (QED) is 0.262. The van der Waals surface area contributed by atoms with Gasteiger partial charge in [-0.3, -0.25) is 4.79 Å². The Morgan fingerprint density at radius 1 is 1.00 bits per heavy atom. The summed E-state index contributed by atoms with van der Waals surface area (Å²) in [5.74, 6) is -2.02. The number of aliphatic carboxylic acids is 1. The van der Waals surface area contributed by atoms with E-state index in [1.54, 1.807) is 0 Å². The largest absolute Gasteiger partial charge is 0.481 e. The maximum Gasteiger partial charge on any atom is 0.300 e. The SMILES string of the molecule is CC.CC(=O)O.CC(C)N[C@@H](Cc1cc(F)cc(F)c1)[C@H](O)CNC1(c2cccc(C(C)(C)C)c2)CCCCC1. The van der Waals surface area contributed by atoms with Gasteiger partial charge < -0.3 is 20.8 Å². The van der Waals surface area contributed by atoms with E-state index in [0.29, 0.717) is 18.5 Å². The topological polar surface area (TPSA) is 81.6 Å². The van der Waals surface area contributed by atoms with Crippen LogP contribution in [0.5, 0.6) is 0 Å². The van der Waals surface area contributed by atoms with Crippen molar-refractivity contribution >= 4 is 5.97 Å². The van der Waals surface area contributed by atoms with Crippen molar-refractivity contribution in [2.75, 3.05) is 6.54 Å². The summed E-state index contributed by atoms with van der Waals surface area (Å²) in [7, 11) is 0. The van der Waals surface area contributed by atoms with Crippen LogP contribution in [0.2, 0.25) is 0 Å². The Morgan fingerprint density at radius 3 is 2.05 bits per heavy atom. The van der Waals surface area contributed by atoms with Crippen LogP contribution in [0.1, 0.15) is 104 Å². The Kier molecular flexibility index (Phi) is 15.0. The summed E-state index contributed by atoms with van der Waals surface area (Å²) >= 11 is 0. The summed E-state index contributed by atoms with van der Waals surface area (Å²) in [5.41, 5.74) is 3.03. The molecule has 2 aromatic carbocycles. The number of aliphatic hydroxyl groups excluding tert-OH is 1. The number of aliphatic hydroxyl groups is 1. The van der Waals surface area contributed by atoms with Crippen molar-refractivity contribution in [2.24, 2.45) is 0 Å². The highest BCUT2D eigenvalue weighted by atomic mass is 19.1. The molecular weight excluding hydrogens is 510 g/mol. The van der Waals surface area contributed by atoms with Gasteiger partial charge in [0.25, 0.3) is 5.97 Å². The van der Waals surface area contributed by atoms with E-state index in [4.69, 9.17) is 9.90 Å². The molecule has 7 heteroatoms. The Labute approximate surface area is 240 Å². The van der Waals surface area contributed by atoms with Gasteiger partial charge in [0.15, 0.2) is 0 Å². The summed E-state index contributed by atoms with van der Waals surface area (Å²) in [6.45, 7) is 16.2. The van der Waals surface area contributed by atoms with Gasteiger partial charge in [-0.05, 0) is 53.5 Å². The minimum absolute atomic E-state index is 0.0674. The molecule has 0 unspecified atom stereocenters. The van der Waals surface area contributed by atoms with Crippen LogP contribution in [0, 0.1) is 11.6 Å². The molecule has 0 spiro atoms. The van der Waals surface area contributed by atoms with E-state index in [-0.39, 0.29) is 23.0 Å². The van der Waals surface area contributed by atoms with Gasteiger partial charge in [-0.15, -0.1) is 0 Å². The highest BCUT2D eigenvalue weighted by Gasteiger charge is 2.35. The van der Waals surface area contributed by atoms with Crippen LogP contribution in [0.3, 0.4) is 0 Å². The second-order valence-electron chi connectivity index (χ2n) is 11.9. The molecule has 1 saturated carbocycles. The van der Waals surface area contributed by atoms with E-state index in [1.165, 1.54) is 29.7 Å². The van der Waals surface area contributed by atoms with Gasteiger partial charge in [-0.2, -0.15) is 0 Å². The molecule has 5 nitrogen and oxygen atoms in total. The van der Waals surface area contributed by atoms with Gasteiger partial charge in [0, 0.05) is 37.2 Å². The summed E-state index contributed by atoms with van der Waals surface area (Å²) in [6.07, 6.45) is 5.24. The van der Waals surface area contributed by atoms with Crippen molar-refractivity contribution in [1.29, 1.82) is 0 Å². The predicted molar refractivity (Wildman–Crippen MR) is 161 cm³/mol. The van der Waals surface area contributed by atoms with E-state index in [9.17, 15) is 13.9 Å². The van der Waals surface area contributed by atoms with E-state index >= 15 is 0 Å². The number of carboxylic acids is 1. The molecule has 3 rings (SSSR count). The Balaban J connectivity index is 0.00000122. The Bertz CT molecular complexity index is 1010. The molecule has 1 aliphatic rings. The van der Waals surface area contributed by atoms with Crippen molar-refractivity contribution in [3.8, 4) is 0 Å². The summed E-state index contributed by atoms with van der Waals surface area (Å²) in [5, 5.41) is 25.8. The minimum Gasteiger partial charge on any atom is -0.481 e. The number of nitrogens with one attached hydrogen (secondary N) is 2. The normalized spacial score (nSPS) is 16.2. The number of carboxylic acid groups (broad SMARTS) is 1. The van der Waals surface area contributed by atoms with E-state index in [0.717, 1.165) is 38.7 Å². The first-order valence-electron chi connectivity index (χ1n) is 14.7. The molecule has 226 valence electrons. The lowest BCUT2D eigenvalue weighted by Crippen LogP contribution is -2.53. The lowest BCUT2D eigenvalue weighted by molar-refractivity contribution is -0.134. The fraction of sp³-hybridized carbons (Fsp3) is 0.606. The maximum atomic E-state index is 13.8. The monoisotopic (exact) mass is 562 g/mol. The van der Waals surface area contributed by atoms with Crippen molar-refractivity contribution < 1.29 is 23.8 Å². The average Bonchev–Trinajstić information content (AvgIpc) is 2.87. The second-order valence-corrected chi connectivity index (χ2v) is 11.9. The zero-order valence-corrected chi connectivity index (χ0v) is 25.8. The highest BCUT2D eigenvalue weighted by Crippen LogP contribution is 2.38. The molecule has 0 bridgehead atoms. The molecule has 0 saturated heterocycles. The van der Waals surface area contributed by atoms with E-state index in [2.05, 4.69) is 55.7 Å². The van der Waals surface area contributed by atoms with Crippen LogP contribution in [-0.2, 0) is 22.2 Å². The second kappa shape index (κ2) is 16.8. The van der Waals surface area contributed by atoms with Crippen molar-refractivity contribution in [3.63, 3.8) is 0 Å². The molecule has 1 fully saturated rings. The molecule has 2 aromatic rings. The molecule has 1 aliphatic carbocycles. The van der Waals surface area contributed by atoms with Crippen molar-refractivity contribution in [3.05, 3.63) is 70.8 Å². The first-order valence-corrected chi connectivity index (χ1v) is 14.7. The molecule has 0 aromatic heterocycles. The molecule has 2 atom stereocenters. The third kappa shape index (κ3) is 12.0. The maximum absolute atomic E-state index is 13.8.